The number of nitrogens with zero attached hydrogens (tertiary/aromatic N) is 3. The van der Waals surface area contributed by atoms with Gasteiger partial charge in [0.15, 0.2) is 11.5 Å². The highest BCUT2D eigenvalue weighted by molar-refractivity contribution is 5.96. The Labute approximate surface area is 175 Å². The summed E-state index contributed by atoms with van der Waals surface area (Å²) in [5.41, 5.74) is 3.15. The Morgan fingerprint density at radius 1 is 1.13 bits per heavy atom. The molecule has 1 heterocycles. The fourth-order valence-electron chi connectivity index (χ4n) is 3.45. The Bertz CT molecular complexity index is 1120. The summed E-state index contributed by atoms with van der Waals surface area (Å²) < 4.78 is 1.81. The molecule has 1 aromatic heterocycles. The number of carbonyl (C=O) groups is 2. The summed E-state index contributed by atoms with van der Waals surface area (Å²) in [5.74, 6) is -0.452. The number of benzene rings is 2. The third-order valence-corrected chi connectivity index (χ3v) is 5.00. The van der Waals surface area contributed by atoms with E-state index in [0.717, 1.165) is 29.8 Å². The van der Waals surface area contributed by atoms with Crippen molar-refractivity contribution in [3.8, 4) is 17.2 Å². The molecular formula is C24H23N3O3. The maximum atomic E-state index is 11.9. The quantitative estimate of drug-likeness (QED) is 0.551. The molecule has 0 saturated carbocycles. The normalized spacial score (nSPS) is 10.6. The molecule has 3 aromatic rings. The lowest BCUT2D eigenvalue weighted by atomic mass is 9.98. The molecule has 0 saturated heterocycles. The Balaban J connectivity index is 1.95. The molecule has 2 aromatic carbocycles. The van der Waals surface area contributed by atoms with Crippen molar-refractivity contribution in [1.82, 2.24) is 9.55 Å². The van der Waals surface area contributed by atoms with Crippen molar-refractivity contribution in [2.45, 2.75) is 39.7 Å². The first kappa shape index (κ1) is 21.0. The number of aromatic nitrogens is 2. The summed E-state index contributed by atoms with van der Waals surface area (Å²) in [6, 6.07) is 16.6. The van der Waals surface area contributed by atoms with E-state index in [1.54, 1.807) is 18.2 Å². The van der Waals surface area contributed by atoms with Crippen LogP contribution in [0.5, 0.6) is 0 Å². The van der Waals surface area contributed by atoms with E-state index in [4.69, 9.17) is 0 Å². The first-order chi connectivity index (χ1) is 14.5. The highest BCUT2D eigenvalue weighted by atomic mass is 16.4. The number of carboxylic acids is 1. The monoisotopic (exact) mass is 401 g/mol. The first-order valence-corrected chi connectivity index (χ1v) is 9.88. The average molecular weight is 401 g/mol. The van der Waals surface area contributed by atoms with Crippen LogP contribution < -0.4 is 0 Å². The summed E-state index contributed by atoms with van der Waals surface area (Å²) in [4.78, 5) is 27.9. The molecule has 0 fully saturated rings. The number of imidazole rings is 1. The molecule has 3 rings (SSSR count). The number of Topliss-reactive ketones (excluding diaryl/α,β-unsaturated/α-hetero) is 1. The zero-order valence-corrected chi connectivity index (χ0v) is 17.1. The Kier molecular flexibility index (Phi) is 6.43. The largest absolute Gasteiger partial charge is 0.478 e. The summed E-state index contributed by atoms with van der Waals surface area (Å²) in [5, 5.41) is 19.0. The number of aromatic carboxylic acids is 1. The predicted molar refractivity (Wildman–Crippen MR) is 113 cm³/mol. The van der Waals surface area contributed by atoms with Crippen LogP contribution in [0.15, 0.2) is 48.5 Å². The van der Waals surface area contributed by atoms with Crippen LogP contribution >= 0.6 is 0 Å². The molecule has 0 amide bonds. The van der Waals surface area contributed by atoms with Gasteiger partial charge in [0.2, 0.25) is 0 Å². The van der Waals surface area contributed by atoms with Crippen LogP contribution in [0, 0.1) is 11.3 Å². The highest BCUT2D eigenvalue weighted by Crippen LogP contribution is 2.25. The number of aryl methyl sites for hydroxylation is 1. The van der Waals surface area contributed by atoms with E-state index < -0.39 is 5.97 Å². The van der Waals surface area contributed by atoms with E-state index in [1.165, 1.54) is 6.92 Å². The van der Waals surface area contributed by atoms with Gasteiger partial charge >= 0.3 is 5.97 Å². The Hall–Kier alpha value is -3.72. The van der Waals surface area contributed by atoms with Crippen LogP contribution in [-0.4, -0.2) is 26.4 Å². The van der Waals surface area contributed by atoms with Crippen LogP contribution in [0.2, 0.25) is 0 Å². The van der Waals surface area contributed by atoms with E-state index in [-0.39, 0.29) is 22.7 Å². The van der Waals surface area contributed by atoms with Crippen molar-refractivity contribution in [3.05, 3.63) is 76.9 Å². The lowest BCUT2D eigenvalue weighted by molar-refractivity contribution is 0.0697. The summed E-state index contributed by atoms with van der Waals surface area (Å²) in [6.07, 6.45) is 2.61. The zero-order chi connectivity index (χ0) is 21.7. The van der Waals surface area contributed by atoms with Gasteiger partial charge in [0.1, 0.15) is 17.6 Å². The second kappa shape index (κ2) is 9.19. The number of hydrogen-bond donors (Lipinski definition) is 1. The molecule has 6 heteroatoms. The molecule has 0 atom stereocenters. The van der Waals surface area contributed by atoms with Crippen molar-refractivity contribution < 1.29 is 14.7 Å². The molecule has 152 valence electrons. The molecule has 0 radical (unpaired) electrons. The molecule has 0 aliphatic heterocycles. The van der Waals surface area contributed by atoms with Gasteiger partial charge in [-0.15, -0.1) is 0 Å². The van der Waals surface area contributed by atoms with Gasteiger partial charge in [0.05, 0.1) is 12.1 Å². The number of rotatable bonds is 8. The standard InChI is InChI=1S/C24H23N3O3/c1-3-4-9-22-26-23(16(2)28)21(14-25)27(22)15-17-10-12-18(13-11-17)19-7-5-6-8-20(19)24(29)30/h5-8,10-13H,3-4,9,15H2,1-2H3,(H,29,30). The van der Waals surface area contributed by atoms with E-state index in [1.807, 2.05) is 34.9 Å². The van der Waals surface area contributed by atoms with Crippen LogP contribution in [0.3, 0.4) is 0 Å². The fourth-order valence-corrected chi connectivity index (χ4v) is 3.45. The van der Waals surface area contributed by atoms with Gasteiger partial charge in [0, 0.05) is 13.3 Å². The van der Waals surface area contributed by atoms with Gasteiger partial charge in [0.25, 0.3) is 0 Å². The van der Waals surface area contributed by atoms with Crippen LogP contribution in [0.4, 0.5) is 0 Å². The maximum Gasteiger partial charge on any atom is 0.336 e. The van der Waals surface area contributed by atoms with Crippen molar-refractivity contribution in [2.75, 3.05) is 0 Å². The summed E-state index contributed by atoms with van der Waals surface area (Å²) in [7, 11) is 0. The zero-order valence-electron chi connectivity index (χ0n) is 17.1. The fraction of sp³-hybridized carbons (Fsp3) is 0.250. The highest BCUT2D eigenvalue weighted by Gasteiger charge is 2.20. The maximum absolute atomic E-state index is 11.9. The van der Waals surface area contributed by atoms with Gasteiger partial charge in [-0.3, -0.25) is 4.79 Å². The van der Waals surface area contributed by atoms with Crippen molar-refractivity contribution in [2.24, 2.45) is 0 Å². The number of nitriles is 1. The number of carboxylic acid groups (broad SMARTS) is 1. The van der Waals surface area contributed by atoms with E-state index >= 15 is 0 Å². The third kappa shape index (κ3) is 4.31. The summed E-state index contributed by atoms with van der Waals surface area (Å²) in [6.45, 7) is 3.92. The Morgan fingerprint density at radius 2 is 1.83 bits per heavy atom. The number of carbonyl (C=O) groups excluding carboxylic acids is 1. The second-order valence-electron chi connectivity index (χ2n) is 7.13. The van der Waals surface area contributed by atoms with E-state index in [2.05, 4.69) is 18.0 Å². The molecule has 0 spiro atoms. The number of ketones is 1. The molecule has 0 aliphatic carbocycles. The molecule has 6 nitrogen and oxygen atoms in total. The number of hydrogen-bond acceptors (Lipinski definition) is 4. The molecular weight excluding hydrogens is 378 g/mol. The topological polar surface area (TPSA) is 96.0 Å². The second-order valence-corrected chi connectivity index (χ2v) is 7.13. The minimum atomic E-state index is -0.968. The van der Waals surface area contributed by atoms with Gasteiger partial charge in [-0.1, -0.05) is 55.8 Å². The molecule has 1 N–H and O–H groups in total. The number of unbranched alkanes of at least 4 members (excludes halogenated alkanes) is 1. The van der Waals surface area contributed by atoms with Gasteiger partial charge in [-0.25, -0.2) is 9.78 Å². The molecule has 0 unspecified atom stereocenters. The van der Waals surface area contributed by atoms with Crippen LogP contribution in [0.25, 0.3) is 11.1 Å². The summed E-state index contributed by atoms with van der Waals surface area (Å²) >= 11 is 0. The van der Waals surface area contributed by atoms with Crippen LogP contribution in [0.1, 0.15) is 64.6 Å². The van der Waals surface area contributed by atoms with E-state index in [9.17, 15) is 20.0 Å². The van der Waals surface area contributed by atoms with Crippen molar-refractivity contribution in [3.63, 3.8) is 0 Å². The van der Waals surface area contributed by atoms with E-state index in [0.29, 0.717) is 18.5 Å². The average Bonchev–Trinajstić information content (AvgIpc) is 3.10. The molecule has 0 bridgehead atoms. The molecule has 30 heavy (non-hydrogen) atoms. The SMILES string of the molecule is CCCCc1nc(C(C)=O)c(C#N)n1Cc1ccc(-c2ccccc2C(=O)O)cc1. The first-order valence-electron chi connectivity index (χ1n) is 9.88. The van der Waals surface area contributed by atoms with Crippen LogP contribution in [-0.2, 0) is 13.0 Å². The van der Waals surface area contributed by atoms with Gasteiger partial charge in [-0.05, 0) is 29.2 Å². The molecule has 0 aliphatic rings. The van der Waals surface area contributed by atoms with Gasteiger partial charge in [-0.2, -0.15) is 5.26 Å². The van der Waals surface area contributed by atoms with Crippen molar-refractivity contribution in [1.29, 1.82) is 5.26 Å². The predicted octanol–water partition coefficient (Wildman–Crippen LogP) is 4.71. The third-order valence-electron chi connectivity index (χ3n) is 5.00. The van der Waals surface area contributed by atoms with Gasteiger partial charge < -0.3 is 9.67 Å². The van der Waals surface area contributed by atoms with Crippen molar-refractivity contribution >= 4 is 11.8 Å². The smallest absolute Gasteiger partial charge is 0.336 e. The minimum Gasteiger partial charge on any atom is -0.478 e. The lowest BCUT2D eigenvalue weighted by Gasteiger charge is -2.11. The lowest BCUT2D eigenvalue weighted by Crippen LogP contribution is -2.08. The Morgan fingerprint density at radius 3 is 2.43 bits per heavy atom. The minimum absolute atomic E-state index is 0.218.